The lowest BCUT2D eigenvalue weighted by Crippen LogP contribution is -2.12. The quantitative estimate of drug-likeness (QED) is 0.902. The van der Waals surface area contributed by atoms with E-state index in [0.717, 1.165) is 11.3 Å². The van der Waals surface area contributed by atoms with Crippen molar-refractivity contribution < 1.29 is 9.53 Å². The molecule has 2 aromatic rings. The number of methoxy groups -OCH3 is 1. The average molecular weight is 310 g/mol. The van der Waals surface area contributed by atoms with Gasteiger partial charge >= 0.3 is 0 Å². The van der Waals surface area contributed by atoms with E-state index >= 15 is 0 Å². The minimum absolute atomic E-state index is 0.228. The summed E-state index contributed by atoms with van der Waals surface area (Å²) in [6.45, 7) is 1.88. The van der Waals surface area contributed by atoms with Gasteiger partial charge in [-0.3, -0.25) is 4.79 Å². The van der Waals surface area contributed by atoms with Crippen LogP contribution in [-0.2, 0) is 0 Å². The first kappa shape index (κ1) is 14.7. The molecule has 5 heteroatoms. The van der Waals surface area contributed by atoms with Gasteiger partial charge in [-0.1, -0.05) is 23.2 Å². The number of halogens is 2. The van der Waals surface area contributed by atoms with Crippen molar-refractivity contribution in [3.05, 3.63) is 57.6 Å². The molecule has 0 aliphatic carbocycles. The van der Waals surface area contributed by atoms with Crippen molar-refractivity contribution in [2.45, 2.75) is 6.92 Å². The molecule has 104 valence electrons. The molecular weight excluding hydrogens is 297 g/mol. The second-order valence-electron chi connectivity index (χ2n) is 4.30. The Morgan fingerprint density at radius 3 is 2.30 bits per heavy atom. The lowest BCUT2D eigenvalue weighted by Gasteiger charge is -2.09. The van der Waals surface area contributed by atoms with Gasteiger partial charge in [-0.15, -0.1) is 0 Å². The molecule has 0 aromatic heterocycles. The number of nitrogens with one attached hydrogen (secondary N) is 1. The molecule has 1 N–H and O–H groups in total. The van der Waals surface area contributed by atoms with E-state index in [0.29, 0.717) is 21.3 Å². The molecule has 2 aromatic carbocycles. The Kier molecular flexibility index (Phi) is 4.53. The summed E-state index contributed by atoms with van der Waals surface area (Å²) in [5.41, 5.74) is 1.99. The van der Waals surface area contributed by atoms with Crippen molar-refractivity contribution in [2.75, 3.05) is 12.4 Å². The Hall–Kier alpha value is -1.71. The van der Waals surface area contributed by atoms with E-state index in [4.69, 9.17) is 27.9 Å². The number of aryl methyl sites for hydroxylation is 1. The van der Waals surface area contributed by atoms with E-state index in [2.05, 4.69) is 5.32 Å². The minimum atomic E-state index is -0.228. The molecule has 0 saturated heterocycles. The van der Waals surface area contributed by atoms with Gasteiger partial charge in [0.1, 0.15) is 5.75 Å². The van der Waals surface area contributed by atoms with Crippen molar-refractivity contribution in [2.24, 2.45) is 0 Å². The first-order valence-corrected chi connectivity index (χ1v) is 6.67. The maximum absolute atomic E-state index is 12.2. The van der Waals surface area contributed by atoms with Crippen LogP contribution in [-0.4, -0.2) is 13.0 Å². The number of rotatable bonds is 3. The standard InChI is InChI=1S/C15H13Cl2NO2/c1-9-5-10(3-4-14(9)20-2)15(19)18-13-7-11(16)6-12(17)8-13/h3-8H,1-2H3,(H,18,19). The molecule has 0 fully saturated rings. The lowest BCUT2D eigenvalue weighted by atomic mass is 10.1. The predicted molar refractivity (Wildman–Crippen MR) is 82.1 cm³/mol. The van der Waals surface area contributed by atoms with Crippen LogP contribution in [0.15, 0.2) is 36.4 Å². The highest BCUT2D eigenvalue weighted by Crippen LogP contribution is 2.24. The minimum Gasteiger partial charge on any atom is -0.496 e. The summed E-state index contributed by atoms with van der Waals surface area (Å²) >= 11 is 11.8. The van der Waals surface area contributed by atoms with Gasteiger partial charge < -0.3 is 10.1 Å². The van der Waals surface area contributed by atoms with E-state index in [9.17, 15) is 4.79 Å². The van der Waals surface area contributed by atoms with Gasteiger partial charge in [0, 0.05) is 21.3 Å². The molecule has 0 saturated carbocycles. The number of anilines is 1. The van der Waals surface area contributed by atoms with Crippen LogP contribution in [0.4, 0.5) is 5.69 Å². The summed E-state index contributed by atoms with van der Waals surface area (Å²) in [5.74, 6) is 0.515. The number of amides is 1. The highest BCUT2D eigenvalue weighted by atomic mass is 35.5. The average Bonchev–Trinajstić information content (AvgIpc) is 2.37. The van der Waals surface area contributed by atoms with E-state index in [1.165, 1.54) is 0 Å². The van der Waals surface area contributed by atoms with Gasteiger partial charge in [0.05, 0.1) is 7.11 Å². The van der Waals surface area contributed by atoms with Crippen LogP contribution < -0.4 is 10.1 Å². The van der Waals surface area contributed by atoms with Gasteiger partial charge in [-0.25, -0.2) is 0 Å². The number of ether oxygens (including phenoxy) is 1. The van der Waals surface area contributed by atoms with Crippen LogP contribution in [0.25, 0.3) is 0 Å². The van der Waals surface area contributed by atoms with Crippen LogP contribution in [0.2, 0.25) is 10.0 Å². The van der Waals surface area contributed by atoms with Gasteiger partial charge in [-0.05, 0) is 48.9 Å². The van der Waals surface area contributed by atoms with Crippen molar-refractivity contribution in [1.29, 1.82) is 0 Å². The monoisotopic (exact) mass is 309 g/mol. The van der Waals surface area contributed by atoms with Crippen molar-refractivity contribution in [3.63, 3.8) is 0 Å². The lowest BCUT2D eigenvalue weighted by molar-refractivity contribution is 0.102. The first-order valence-electron chi connectivity index (χ1n) is 5.91. The molecule has 0 atom stereocenters. The largest absolute Gasteiger partial charge is 0.496 e. The van der Waals surface area contributed by atoms with Crippen molar-refractivity contribution in [3.8, 4) is 5.75 Å². The first-order chi connectivity index (χ1) is 9.49. The smallest absolute Gasteiger partial charge is 0.255 e. The second-order valence-corrected chi connectivity index (χ2v) is 5.17. The molecule has 0 aliphatic heterocycles. The fourth-order valence-corrected chi connectivity index (χ4v) is 2.37. The van der Waals surface area contributed by atoms with Crippen molar-refractivity contribution >= 4 is 34.8 Å². The van der Waals surface area contributed by atoms with Gasteiger partial charge in [-0.2, -0.15) is 0 Å². The summed E-state index contributed by atoms with van der Waals surface area (Å²) in [6, 6.07) is 10.1. The fraction of sp³-hybridized carbons (Fsp3) is 0.133. The Labute approximate surface area is 127 Å². The molecule has 3 nitrogen and oxygen atoms in total. The summed E-state index contributed by atoms with van der Waals surface area (Å²) < 4.78 is 5.16. The second kappa shape index (κ2) is 6.16. The summed E-state index contributed by atoms with van der Waals surface area (Å²) in [6.07, 6.45) is 0. The summed E-state index contributed by atoms with van der Waals surface area (Å²) in [4.78, 5) is 12.2. The Balaban J connectivity index is 2.21. The van der Waals surface area contributed by atoms with Crippen LogP contribution in [0.1, 0.15) is 15.9 Å². The zero-order valence-corrected chi connectivity index (χ0v) is 12.5. The third-order valence-corrected chi connectivity index (χ3v) is 3.21. The number of carbonyl (C=O) groups is 1. The molecule has 0 spiro atoms. The maximum Gasteiger partial charge on any atom is 0.255 e. The van der Waals surface area contributed by atoms with Crippen LogP contribution in [0.5, 0.6) is 5.75 Å². The number of carbonyl (C=O) groups excluding carboxylic acids is 1. The summed E-state index contributed by atoms with van der Waals surface area (Å²) in [5, 5.41) is 3.70. The van der Waals surface area contributed by atoms with E-state index in [-0.39, 0.29) is 5.91 Å². The highest BCUT2D eigenvalue weighted by molar-refractivity contribution is 6.35. The molecule has 2 rings (SSSR count). The SMILES string of the molecule is COc1ccc(C(=O)Nc2cc(Cl)cc(Cl)c2)cc1C. The zero-order valence-electron chi connectivity index (χ0n) is 11.0. The van der Waals surface area contributed by atoms with Gasteiger partial charge in [0.15, 0.2) is 0 Å². The fourth-order valence-electron chi connectivity index (χ4n) is 1.85. The highest BCUT2D eigenvalue weighted by Gasteiger charge is 2.09. The van der Waals surface area contributed by atoms with E-state index in [1.807, 2.05) is 6.92 Å². The summed E-state index contributed by atoms with van der Waals surface area (Å²) in [7, 11) is 1.59. The molecule has 0 bridgehead atoms. The molecule has 0 heterocycles. The van der Waals surface area contributed by atoms with Gasteiger partial charge in [0.2, 0.25) is 0 Å². The Morgan fingerprint density at radius 2 is 1.75 bits per heavy atom. The molecule has 1 amide bonds. The Morgan fingerprint density at radius 1 is 1.10 bits per heavy atom. The third-order valence-electron chi connectivity index (χ3n) is 2.78. The van der Waals surface area contributed by atoms with Crippen LogP contribution >= 0.6 is 23.2 Å². The van der Waals surface area contributed by atoms with Crippen LogP contribution in [0.3, 0.4) is 0 Å². The molecule has 0 unspecified atom stereocenters. The molecule has 0 radical (unpaired) electrons. The van der Waals surface area contributed by atoms with E-state index < -0.39 is 0 Å². The molecular formula is C15H13Cl2NO2. The van der Waals surface area contributed by atoms with E-state index in [1.54, 1.807) is 43.5 Å². The Bertz CT molecular complexity index is 636. The topological polar surface area (TPSA) is 38.3 Å². The van der Waals surface area contributed by atoms with Crippen LogP contribution in [0, 0.1) is 6.92 Å². The zero-order chi connectivity index (χ0) is 14.7. The van der Waals surface area contributed by atoms with Gasteiger partial charge in [0.25, 0.3) is 5.91 Å². The normalized spacial score (nSPS) is 10.2. The maximum atomic E-state index is 12.2. The molecule has 20 heavy (non-hydrogen) atoms. The number of hydrogen-bond donors (Lipinski definition) is 1. The number of hydrogen-bond acceptors (Lipinski definition) is 2. The van der Waals surface area contributed by atoms with Crippen molar-refractivity contribution in [1.82, 2.24) is 0 Å². The third kappa shape index (κ3) is 3.44. The number of benzene rings is 2. The predicted octanol–water partition coefficient (Wildman–Crippen LogP) is 4.56. The molecule has 0 aliphatic rings.